The summed E-state index contributed by atoms with van der Waals surface area (Å²) in [5.74, 6) is 0. The second-order valence-corrected chi connectivity index (χ2v) is 6.48. The first-order chi connectivity index (χ1) is 10.6. The average Bonchev–Trinajstić information content (AvgIpc) is 2.60. The van der Waals surface area contributed by atoms with E-state index in [1.807, 2.05) is 0 Å². The van der Waals surface area contributed by atoms with Gasteiger partial charge in [0.1, 0.15) is 0 Å². The second kappa shape index (κ2) is 7.95. The van der Waals surface area contributed by atoms with Crippen LogP contribution in [-0.4, -0.2) is 45.1 Å². The number of hydrogen-bond donors (Lipinski definition) is 2. The van der Waals surface area contributed by atoms with Gasteiger partial charge in [-0.2, -0.15) is 0 Å². The quantitative estimate of drug-likeness (QED) is 0.813. The van der Waals surface area contributed by atoms with Crippen molar-refractivity contribution < 1.29 is 9.84 Å². The predicted octanol–water partition coefficient (Wildman–Crippen LogP) is 2.58. The topological polar surface area (TPSA) is 44.7 Å². The second-order valence-electron chi connectivity index (χ2n) is 6.48. The van der Waals surface area contributed by atoms with E-state index in [9.17, 15) is 5.11 Å². The molecule has 4 nitrogen and oxygen atoms in total. The number of anilines is 1. The lowest BCUT2D eigenvalue weighted by atomic mass is 9.80. The summed E-state index contributed by atoms with van der Waals surface area (Å²) in [5.41, 5.74) is 2.51. The van der Waals surface area contributed by atoms with Crippen molar-refractivity contribution in [2.75, 3.05) is 44.9 Å². The molecule has 0 amide bonds. The maximum absolute atomic E-state index is 9.75. The van der Waals surface area contributed by atoms with Gasteiger partial charge < -0.3 is 20.1 Å². The molecule has 1 aliphatic heterocycles. The molecule has 124 valence electrons. The number of nitrogens with zero attached hydrogens (tertiary/aromatic N) is 1. The standard InChI is InChI=1S/C18H30N2O2/c1-4-20(3)17-7-5-16(6-8-17)15(2)19-13-18(14-21)9-11-22-12-10-18/h5-8,15,19,21H,4,9-14H2,1-3H3. The van der Waals surface area contributed by atoms with Crippen molar-refractivity contribution in [2.24, 2.45) is 5.41 Å². The van der Waals surface area contributed by atoms with E-state index in [1.54, 1.807) is 0 Å². The van der Waals surface area contributed by atoms with E-state index in [0.717, 1.165) is 39.1 Å². The number of aliphatic hydroxyl groups is 1. The fraction of sp³-hybridized carbons (Fsp3) is 0.667. The lowest BCUT2D eigenvalue weighted by Gasteiger charge is -2.36. The molecule has 2 N–H and O–H groups in total. The average molecular weight is 306 g/mol. The van der Waals surface area contributed by atoms with E-state index in [-0.39, 0.29) is 18.1 Å². The Morgan fingerprint density at radius 1 is 1.27 bits per heavy atom. The lowest BCUT2D eigenvalue weighted by Crippen LogP contribution is -2.42. The largest absolute Gasteiger partial charge is 0.396 e. The van der Waals surface area contributed by atoms with E-state index in [1.165, 1.54) is 11.3 Å². The SMILES string of the molecule is CCN(C)c1ccc(C(C)NCC2(CO)CCOCC2)cc1. The summed E-state index contributed by atoms with van der Waals surface area (Å²) in [4.78, 5) is 2.23. The van der Waals surface area contributed by atoms with Crippen LogP contribution in [0.15, 0.2) is 24.3 Å². The van der Waals surface area contributed by atoms with Crippen LogP contribution >= 0.6 is 0 Å². The number of aliphatic hydroxyl groups excluding tert-OH is 1. The van der Waals surface area contributed by atoms with Gasteiger partial charge in [0.15, 0.2) is 0 Å². The first-order valence-corrected chi connectivity index (χ1v) is 8.33. The van der Waals surface area contributed by atoms with E-state index in [0.29, 0.717) is 0 Å². The Kier molecular flexibility index (Phi) is 6.24. The fourth-order valence-corrected chi connectivity index (χ4v) is 2.88. The molecule has 1 aromatic rings. The Bertz CT molecular complexity index is 441. The molecule has 0 saturated carbocycles. The highest BCUT2D eigenvalue weighted by molar-refractivity contribution is 5.47. The van der Waals surface area contributed by atoms with Crippen molar-refractivity contribution in [3.63, 3.8) is 0 Å². The van der Waals surface area contributed by atoms with Gasteiger partial charge in [-0.15, -0.1) is 0 Å². The van der Waals surface area contributed by atoms with E-state index in [2.05, 4.69) is 55.4 Å². The van der Waals surface area contributed by atoms with Crippen LogP contribution in [0.25, 0.3) is 0 Å². The normalized spacial score (nSPS) is 18.9. The molecule has 1 heterocycles. The van der Waals surface area contributed by atoms with Crippen molar-refractivity contribution >= 4 is 5.69 Å². The van der Waals surface area contributed by atoms with Crippen molar-refractivity contribution in [2.45, 2.75) is 32.7 Å². The maximum atomic E-state index is 9.75. The van der Waals surface area contributed by atoms with Gasteiger partial charge in [-0.1, -0.05) is 12.1 Å². The minimum absolute atomic E-state index is 0.0190. The van der Waals surface area contributed by atoms with Gasteiger partial charge in [0.2, 0.25) is 0 Å². The van der Waals surface area contributed by atoms with E-state index in [4.69, 9.17) is 4.74 Å². The van der Waals surface area contributed by atoms with Crippen molar-refractivity contribution in [3.8, 4) is 0 Å². The van der Waals surface area contributed by atoms with Crippen LogP contribution in [0.2, 0.25) is 0 Å². The molecule has 1 unspecified atom stereocenters. The molecule has 1 saturated heterocycles. The number of benzene rings is 1. The van der Waals surface area contributed by atoms with Gasteiger partial charge in [0.05, 0.1) is 6.61 Å². The highest BCUT2D eigenvalue weighted by Gasteiger charge is 2.32. The highest BCUT2D eigenvalue weighted by Crippen LogP contribution is 2.30. The Hall–Kier alpha value is -1.10. The van der Waals surface area contributed by atoms with Crippen molar-refractivity contribution in [1.29, 1.82) is 0 Å². The molecule has 1 atom stereocenters. The zero-order valence-electron chi connectivity index (χ0n) is 14.1. The number of rotatable bonds is 7. The Labute approximate surface area is 134 Å². The van der Waals surface area contributed by atoms with Gasteiger partial charge in [0.25, 0.3) is 0 Å². The highest BCUT2D eigenvalue weighted by atomic mass is 16.5. The van der Waals surface area contributed by atoms with Crippen LogP contribution in [-0.2, 0) is 4.74 Å². The van der Waals surface area contributed by atoms with Crippen LogP contribution in [0.1, 0.15) is 38.3 Å². The summed E-state index contributed by atoms with van der Waals surface area (Å²) in [6.07, 6.45) is 1.87. The van der Waals surface area contributed by atoms with Gasteiger partial charge in [-0.25, -0.2) is 0 Å². The third-order valence-corrected chi connectivity index (χ3v) is 4.98. The molecule has 4 heteroatoms. The summed E-state index contributed by atoms with van der Waals surface area (Å²) in [6, 6.07) is 9.01. The molecule has 2 rings (SSSR count). The number of ether oxygens (including phenoxy) is 1. The smallest absolute Gasteiger partial charge is 0.0501 e. The summed E-state index contributed by atoms with van der Waals surface area (Å²) in [7, 11) is 2.10. The fourth-order valence-electron chi connectivity index (χ4n) is 2.88. The monoisotopic (exact) mass is 306 g/mol. The van der Waals surface area contributed by atoms with Crippen LogP contribution in [0, 0.1) is 5.41 Å². The number of nitrogens with one attached hydrogen (secondary N) is 1. The summed E-state index contributed by atoms with van der Waals surface area (Å²) >= 11 is 0. The number of hydrogen-bond acceptors (Lipinski definition) is 4. The van der Waals surface area contributed by atoms with Gasteiger partial charge in [0, 0.05) is 50.5 Å². The molecule has 0 bridgehead atoms. The van der Waals surface area contributed by atoms with E-state index < -0.39 is 0 Å². The van der Waals surface area contributed by atoms with Crippen LogP contribution in [0.5, 0.6) is 0 Å². The first-order valence-electron chi connectivity index (χ1n) is 8.33. The molecule has 1 fully saturated rings. The minimum Gasteiger partial charge on any atom is -0.396 e. The summed E-state index contributed by atoms with van der Waals surface area (Å²) < 4.78 is 5.42. The molecular weight excluding hydrogens is 276 g/mol. The molecule has 22 heavy (non-hydrogen) atoms. The molecule has 1 aromatic carbocycles. The predicted molar refractivity (Wildman–Crippen MR) is 91.4 cm³/mol. The van der Waals surface area contributed by atoms with Crippen LogP contribution in [0.4, 0.5) is 5.69 Å². The van der Waals surface area contributed by atoms with Gasteiger partial charge in [-0.05, 0) is 44.4 Å². The summed E-state index contributed by atoms with van der Waals surface area (Å²) in [5, 5.41) is 13.3. The van der Waals surface area contributed by atoms with Crippen molar-refractivity contribution in [3.05, 3.63) is 29.8 Å². The van der Waals surface area contributed by atoms with Crippen LogP contribution < -0.4 is 10.2 Å². The molecule has 0 radical (unpaired) electrons. The Morgan fingerprint density at radius 3 is 2.45 bits per heavy atom. The lowest BCUT2D eigenvalue weighted by molar-refractivity contribution is -0.0163. The minimum atomic E-state index is -0.0190. The first kappa shape index (κ1) is 17.3. The van der Waals surface area contributed by atoms with Gasteiger partial charge >= 0.3 is 0 Å². The van der Waals surface area contributed by atoms with E-state index >= 15 is 0 Å². The Morgan fingerprint density at radius 2 is 1.91 bits per heavy atom. The molecular formula is C18H30N2O2. The summed E-state index contributed by atoms with van der Waals surface area (Å²) in [6.45, 7) is 7.93. The Balaban J connectivity index is 1.92. The van der Waals surface area contributed by atoms with Gasteiger partial charge in [-0.3, -0.25) is 0 Å². The third-order valence-electron chi connectivity index (χ3n) is 4.98. The zero-order chi connectivity index (χ0) is 16.0. The van der Waals surface area contributed by atoms with Crippen LogP contribution in [0.3, 0.4) is 0 Å². The van der Waals surface area contributed by atoms with Crippen molar-refractivity contribution in [1.82, 2.24) is 5.32 Å². The molecule has 0 spiro atoms. The maximum Gasteiger partial charge on any atom is 0.0501 e. The zero-order valence-corrected chi connectivity index (χ0v) is 14.1. The third kappa shape index (κ3) is 4.22. The molecule has 1 aliphatic rings. The molecule has 0 aliphatic carbocycles. The molecule has 0 aromatic heterocycles.